The predicted octanol–water partition coefficient (Wildman–Crippen LogP) is 1.66. The Morgan fingerprint density at radius 1 is 1.29 bits per heavy atom. The van der Waals surface area contributed by atoms with Gasteiger partial charge in [-0.05, 0) is 31.6 Å². The summed E-state index contributed by atoms with van der Waals surface area (Å²) >= 11 is 0. The van der Waals surface area contributed by atoms with Crippen molar-refractivity contribution in [2.75, 3.05) is 20.2 Å². The van der Waals surface area contributed by atoms with E-state index in [-0.39, 0.29) is 12.0 Å². The van der Waals surface area contributed by atoms with Crippen LogP contribution in [0.25, 0.3) is 0 Å². The highest BCUT2D eigenvalue weighted by Crippen LogP contribution is 2.33. The number of rotatable bonds is 5. The molecule has 1 aliphatic heterocycles. The summed E-state index contributed by atoms with van der Waals surface area (Å²) in [6, 6.07) is 0. The highest BCUT2D eigenvalue weighted by atomic mass is 16.5. The summed E-state index contributed by atoms with van der Waals surface area (Å²) in [5, 5.41) is 0. The van der Waals surface area contributed by atoms with Crippen LogP contribution in [0.3, 0.4) is 0 Å². The lowest BCUT2D eigenvalue weighted by atomic mass is 10.1. The quantitative estimate of drug-likeness (QED) is 0.825. The zero-order valence-electron chi connectivity index (χ0n) is 12.3. The van der Waals surface area contributed by atoms with Crippen LogP contribution < -0.4 is 9.47 Å². The number of hydrogen-bond acceptors (Lipinski definition) is 5. The van der Waals surface area contributed by atoms with Crippen LogP contribution >= 0.6 is 0 Å². The number of methoxy groups -OCH3 is 1. The van der Waals surface area contributed by atoms with Gasteiger partial charge in [-0.15, -0.1) is 0 Å². The van der Waals surface area contributed by atoms with Crippen molar-refractivity contribution in [3.05, 3.63) is 12.4 Å². The van der Waals surface area contributed by atoms with Crippen molar-refractivity contribution in [3.63, 3.8) is 0 Å². The zero-order valence-corrected chi connectivity index (χ0v) is 12.3. The van der Waals surface area contributed by atoms with Gasteiger partial charge in [0.15, 0.2) is 0 Å². The van der Waals surface area contributed by atoms with E-state index in [1.54, 1.807) is 19.5 Å². The second kappa shape index (κ2) is 6.28. The van der Waals surface area contributed by atoms with Gasteiger partial charge in [0, 0.05) is 25.4 Å². The Morgan fingerprint density at radius 2 is 2.05 bits per heavy atom. The number of likely N-dealkylation sites (tertiary alicyclic amines) is 1. The molecule has 2 heterocycles. The number of carbonyl (C=O) groups is 1. The SMILES string of the molecule is COc1nccnc1O[C@H]1CCCN(C(=O)CC2CC2)C1. The fourth-order valence-electron chi connectivity index (χ4n) is 2.65. The molecular formula is C15H21N3O3. The largest absolute Gasteiger partial charge is 0.477 e. The molecule has 6 nitrogen and oxygen atoms in total. The second-order valence-corrected chi connectivity index (χ2v) is 5.74. The van der Waals surface area contributed by atoms with Crippen LogP contribution in [0.1, 0.15) is 32.1 Å². The molecule has 1 amide bonds. The fraction of sp³-hybridized carbons (Fsp3) is 0.667. The Labute approximate surface area is 124 Å². The normalized spacial score (nSPS) is 22.0. The summed E-state index contributed by atoms with van der Waals surface area (Å²) in [7, 11) is 1.54. The average molecular weight is 291 g/mol. The van der Waals surface area contributed by atoms with E-state index in [0.29, 0.717) is 30.6 Å². The van der Waals surface area contributed by atoms with Crippen LogP contribution in [0.15, 0.2) is 12.4 Å². The van der Waals surface area contributed by atoms with Gasteiger partial charge >= 0.3 is 0 Å². The summed E-state index contributed by atoms with van der Waals surface area (Å²) in [5.74, 6) is 1.68. The van der Waals surface area contributed by atoms with Crippen molar-refractivity contribution in [1.29, 1.82) is 0 Å². The molecule has 2 aliphatic rings. The highest BCUT2D eigenvalue weighted by molar-refractivity contribution is 5.76. The number of hydrogen-bond donors (Lipinski definition) is 0. The van der Waals surface area contributed by atoms with Gasteiger partial charge in [-0.3, -0.25) is 4.79 Å². The number of amides is 1. The zero-order chi connectivity index (χ0) is 14.7. The van der Waals surface area contributed by atoms with Crippen LogP contribution in [0.2, 0.25) is 0 Å². The molecule has 2 fully saturated rings. The lowest BCUT2D eigenvalue weighted by molar-refractivity contribution is -0.134. The second-order valence-electron chi connectivity index (χ2n) is 5.74. The van der Waals surface area contributed by atoms with Gasteiger partial charge in [-0.2, -0.15) is 0 Å². The minimum absolute atomic E-state index is 0.0347. The van der Waals surface area contributed by atoms with Crippen molar-refractivity contribution < 1.29 is 14.3 Å². The third kappa shape index (κ3) is 3.62. The van der Waals surface area contributed by atoms with Crippen molar-refractivity contribution in [3.8, 4) is 11.8 Å². The first kappa shape index (κ1) is 14.1. The Bertz CT molecular complexity index is 505. The van der Waals surface area contributed by atoms with Crippen LogP contribution in [0.4, 0.5) is 0 Å². The summed E-state index contributed by atoms with van der Waals surface area (Å²) in [6.07, 6.45) is 8.10. The number of carbonyl (C=O) groups excluding carboxylic acids is 1. The molecule has 1 aliphatic carbocycles. The van der Waals surface area contributed by atoms with E-state index in [4.69, 9.17) is 9.47 Å². The summed E-state index contributed by atoms with van der Waals surface area (Å²) in [5.41, 5.74) is 0. The van der Waals surface area contributed by atoms with Gasteiger partial charge in [0.2, 0.25) is 5.91 Å². The van der Waals surface area contributed by atoms with Gasteiger partial charge in [0.1, 0.15) is 6.10 Å². The van der Waals surface area contributed by atoms with E-state index in [1.165, 1.54) is 12.8 Å². The van der Waals surface area contributed by atoms with Crippen molar-refractivity contribution in [1.82, 2.24) is 14.9 Å². The topological polar surface area (TPSA) is 64.6 Å². The molecule has 114 valence electrons. The molecule has 1 saturated carbocycles. The molecule has 0 unspecified atom stereocenters. The molecule has 1 aromatic rings. The molecule has 0 aromatic carbocycles. The van der Waals surface area contributed by atoms with Gasteiger partial charge in [-0.25, -0.2) is 9.97 Å². The molecule has 0 radical (unpaired) electrons. The Balaban J connectivity index is 1.59. The van der Waals surface area contributed by atoms with E-state index in [9.17, 15) is 4.79 Å². The average Bonchev–Trinajstić information content (AvgIpc) is 3.32. The summed E-state index contributed by atoms with van der Waals surface area (Å²) < 4.78 is 11.0. The van der Waals surface area contributed by atoms with Crippen LogP contribution in [-0.2, 0) is 4.79 Å². The monoisotopic (exact) mass is 291 g/mol. The van der Waals surface area contributed by atoms with Crippen LogP contribution in [0, 0.1) is 5.92 Å². The lowest BCUT2D eigenvalue weighted by Crippen LogP contribution is -2.44. The third-order valence-electron chi connectivity index (χ3n) is 4.00. The van der Waals surface area contributed by atoms with Crippen molar-refractivity contribution >= 4 is 5.91 Å². The molecule has 6 heteroatoms. The molecule has 1 aromatic heterocycles. The number of piperidine rings is 1. The summed E-state index contributed by atoms with van der Waals surface area (Å²) in [6.45, 7) is 1.47. The minimum atomic E-state index is -0.0347. The van der Waals surface area contributed by atoms with Gasteiger partial charge in [0.05, 0.1) is 13.7 Å². The summed E-state index contributed by atoms with van der Waals surface area (Å²) in [4.78, 5) is 22.3. The third-order valence-corrected chi connectivity index (χ3v) is 4.00. The highest BCUT2D eigenvalue weighted by Gasteiger charge is 2.30. The van der Waals surface area contributed by atoms with Crippen LogP contribution in [-0.4, -0.2) is 47.1 Å². The lowest BCUT2D eigenvalue weighted by Gasteiger charge is -2.32. The molecule has 1 saturated heterocycles. The maximum Gasteiger partial charge on any atom is 0.278 e. The van der Waals surface area contributed by atoms with E-state index in [0.717, 1.165) is 19.4 Å². The van der Waals surface area contributed by atoms with Crippen molar-refractivity contribution in [2.24, 2.45) is 5.92 Å². The first-order valence-electron chi connectivity index (χ1n) is 7.55. The smallest absolute Gasteiger partial charge is 0.278 e. The van der Waals surface area contributed by atoms with Crippen LogP contribution in [0.5, 0.6) is 11.8 Å². The van der Waals surface area contributed by atoms with E-state index in [1.807, 2.05) is 4.90 Å². The maximum absolute atomic E-state index is 12.2. The van der Waals surface area contributed by atoms with Gasteiger partial charge in [0.25, 0.3) is 11.8 Å². The molecular weight excluding hydrogens is 270 g/mol. The number of ether oxygens (including phenoxy) is 2. The molecule has 21 heavy (non-hydrogen) atoms. The minimum Gasteiger partial charge on any atom is -0.477 e. The Kier molecular flexibility index (Phi) is 4.22. The first-order valence-corrected chi connectivity index (χ1v) is 7.55. The Hall–Kier alpha value is -1.85. The number of nitrogens with zero attached hydrogens (tertiary/aromatic N) is 3. The standard InChI is InChI=1S/C15H21N3O3/c1-20-14-15(17-7-6-16-14)21-12-3-2-8-18(10-12)13(19)9-11-4-5-11/h6-7,11-12H,2-5,8-10H2,1H3/t12-/m0/s1. The van der Waals surface area contributed by atoms with E-state index >= 15 is 0 Å². The van der Waals surface area contributed by atoms with Gasteiger partial charge < -0.3 is 14.4 Å². The predicted molar refractivity (Wildman–Crippen MR) is 76.2 cm³/mol. The molecule has 0 spiro atoms. The molecule has 3 rings (SSSR count). The van der Waals surface area contributed by atoms with E-state index < -0.39 is 0 Å². The Morgan fingerprint density at radius 3 is 2.76 bits per heavy atom. The van der Waals surface area contributed by atoms with E-state index in [2.05, 4.69) is 9.97 Å². The first-order chi connectivity index (χ1) is 10.3. The molecule has 0 bridgehead atoms. The molecule has 1 atom stereocenters. The maximum atomic E-state index is 12.2. The number of aromatic nitrogens is 2. The van der Waals surface area contributed by atoms with Gasteiger partial charge in [-0.1, -0.05) is 0 Å². The fourth-order valence-corrected chi connectivity index (χ4v) is 2.65. The van der Waals surface area contributed by atoms with Crippen molar-refractivity contribution in [2.45, 2.75) is 38.2 Å². The molecule has 0 N–H and O–H groups in total.